The van der Waals surface area contributed by atoms with Crippen LogP contribution in [0.15, 0.2) is 91.1 Å². The van der Waals surface area contributed by atoms with Crippen LogP contribution in [-0.2, 0) is 29.7 Å². The van der Waals surface area contributed by atoms with Crippen LogP contribution in [0.2, 0.25) is 0 Å². The zero-order chi connectivity index (χ0) is 47.6. The molecule has 6 atom stereocenters. The van der Waals surface area contributed by atoms with Crippen LogP contribution in [0.4, 0.5) is 18.4 Å². The number of methoxy groups -OCH3 is 2. The van der Waals surface area contributed by atoms with Crippen LogP contribution in [0, 0.1) is 11.8 Å². The van der Waals surface area contributed by atoms with Crippen LogP contribution in [0.1, 0.15) is 91.4 Å². The van der Waals surface area contributed by atoms with Crippen molar-refractivity contribution in [3.8, 4) is 33.5 Å². The minimum atomic E-state index is -3.30. The van der Waals surface area contributed by atoms with Crippen molar-refractivity contribution in [1.29, 1.82) is 0 Å². The number of benzene rings is 4. The van der Waals surface area contributed by atoms with Crippen molar-refractivity contribution < 1.29 is 42.2 Å². The maximum Gasteiger partial charge on any atom is 0.407 e. The number of carbonyl (C=O) groups is 4. The smallest absolute Gasteiger partial charge is 0.407 e. The molecule has 4 aromatic carbocycles. The summed E-state index contributed by atoms with van der Waals surface area (Å²) in [4.78, 5) is 73.4. The van der Waals surface area contributed by atoms with Crippen molar-refractivity contribution in [3.63, 3.8) is 0 Å². The number of amides is 4. The van der Waals surface area contributed by atoms with E-state index in [-0.39, 0.29) is 52.9 Å². The second-order valence-electron chi connectivity index (χ2n) is 18.8. The van der Waals surface area contributed by atoms with Gasteiger partial charge in [-0.1, -0.05) is 60.7 Å². The number of nitrogens with zero attached hydrogens (tertiary/aromatic N) is 4. The summed E-state index contributed by atoms with van der Waals surface area (Å²) in [5, 5.41) is 5.52. The van der Waals surface area contributed by atoms with Crippen molar-refractivity contribution in [2.45, 2.75) is 81.1 Å². The average molecular weight is 939 g/mol. The summed E-state index contributed by atoms with van der Waals surface area (Å²) >= 11 is 0. The third kappa shape index (κ3) is 7.85. The number of ether oxygens (including phenoxy) is 3. The number of piperidine rings is 1. The normalized spacial score (nSPS) is 22.3. The zero-order valence-electron chi connectivity index (χ0n) is 38.2. The molecule has 1 saturated carbocycles. The number of alkyl carbamates (subject to hydrolysis) is 2. The Morgan fingerprint density at radius 1 is 0.783 bits per heavy atom. The van der Waals surface area contributed by atoms with Gasteiger partial charge in [-0.25, -0.2) is 19.6 Å². The highest BCUT2D eigenvalue weighted by Crippen LogP contribution is 2.54. The van der Waals surface area contributed by atoms with Gasteiger partial charge in [-0.15, -0.1) is 0 Å². The highest BCUT2D eigenvalue weighted by Gasteiger charge is 2.52. The Kier molecular flexibility index (Phi) is 11.4. The molecule has 5 heterocycles. The minimum absolute atomic E-state index is 0.00739. The highest BCUT2D eigenvalue weighted by atomic mass is 19.3. The number of aromatic nitrogens is 4. The van der Waals surface area contributed by atoms with Gasteiger partial charge in [-0.05, 0) is 109 Å². The van der Waals surface area contributed by atoms with Gasteiger partial charge in [-0.3, -0.25) is 9.59 Å². The first-order chi connectivity index (χ1) is 33.5. The summed E-state index contributed by atoms with van der Waals surface area (Å²) in [6, 6.07) is 22.5. The lowest BCUT2D eigenvalue weighted by atomic mass is 9.90. The molecule has 2 aliphatic carbocycles. The minimum Gasteiger partial charge on any atom is -0.453 e. The third-order valence-electron chi connectivity index (χ3n) is 15.0. The number of rotatable bonds is 10. The Bertz CT molecular complexity index is 2970. The summed E-state index contributed by atoms with van der Waals surface area (Å²) in [5.74, 6) is -2.49. The lowest BCUT2D eigenvalue weighted by Gasteiger charge is -2.36. The van der Waals surface area contributed by atoms with Crippen molar-refractivity contribution in [2.75, 3.05) is 34.0 Å². The predicted octanol–water partition coefficient (Wildman–Crippen LogP) is 8.70. The van der Waals surface area contributed by atoms with E-state index in [2.05, 4.69) is 25.6 Å². The lowest BCUT2D eigenvalue weighted by Crippen LogP contribution is -2.53. The van der Waals surface area contributed by atoms with Gasteiger partial charge in [0.2, 0.25) is 5.91 Å². The van der Waals surface area contributed by atoms with Crippen molar-refractivity contribution in [2.24, 2.45) is 11.8 Å². The topological polar surface area (TPSA) is 184 Å². The fraction of sp³-hybridized carbons (Fsp3) is 0.385. The Labute approximate surface area is 396 Å². The molecule has 69 heavy (non-hydrogen) atoms. The molecule has 0 radical (unpaired) electrons. The monoisotopic (exact) mass is 938 g/mol. The van der Waals surface area contributed by atoms with Crippen LogP contribution in [0.5, 0.6) is 0 Å². The SMILES string of the molecule is COC(=O)N[C@H](C(=O)N1CCCC1c1ncc(-c2ccc3c(c2)C(F)(F)c2cc(-c4ccc5nc([C@@H]6[C@H]7CC[C@H](C7)N6C(=O)[C@H](NC(=O)OC)c6ccccc6)[nH]c5c4)ccc2-3)[nH]1)C1CCOCC1. The first-order valence-electron chi connectivity index (χ1n) is 23.7. The van der Waals surface area contributed by atoms with E-state index in [9.17, 15) is 19.2 Å². The molecule has 5 aliphatic rings. The van der Waals surface area contributed by atoms with E-state index >= 15 is 8.78 Å². The van der Waals surface area contributed by atoms with Gasteiger partial charge >= 0.3 is 12.2 Å². The van der Waals surface area contributed by atoms with Gasteiger partial charge in [-0.2, -0.15) is 8.78 Å². The number of imidazole rings is 2. The maximum atomic E-state index is 16.7. The van der Waals surface area contributed by atoms with Gasteiger partial charge in [0.15, 0.2) is 0 Å². The van der Waals surface area contributed by atoms with Crippen LogP contribution < -0.4 is 10.6 Å². The summed E-state index contributed by atoms with van der Waals surface area (Å²) in [7, 11) is 2.54. The fourth-order valence-electron chi connectivity index (χ4n) is 11.6. The first kappa shape index (κ1) is 44.4. The van der Waals surface area contributed by atoms with Gasteiger partial charge in [0.25, 0.3) is 11.8 Å². The highest BCUT2D eigenvalue weighted by molar-refractivity contribution is 5.90. The first-order valence-corrected chi connectivity index (χ1v) is 23.7. The summed E-state index contributed by atoms with van der Waals surface area (Å²) < 4.78 is 48.7. The molecule has 6 aromatic rings. The van der Waals surface area contributed by atoms with Gasteiger partial charge in [0, 0.05) is 42.5 Å². The van der Waals surface area contributed by atoms with Gasteiger partial charge in [0.1, 0.15) is 23.7 Å². The summed E-state index contributed by atoms with van der Waals surface area (Å²) in [5.41, 5.74) is 5.18. The number of likely N-dealkylation sites (tertiary alicyclic amines) is 2. The molecular formula is C52H52F2N8O7. The number of hydrogen-bond acceptors (Lipinski definition) is 9. The number of fused-ring (bicyclic) bond motifs is 6. The quantitative estimate of drug-likeness (QED) is 0.104. The van der Waals surface area contributed by atoms with Crippen LogP contribution in [-0.4, -0.2) is 99.8 Å². The van der Waals surface area contributed by atoms with E-state index < -0.39 is 30.2 Å². The number of carbonyl (C=O) groups excluding carboxylic acids is 4. The third-order valence-corrected chi connectivity index (χ3v) is 15.0. The fourth-order valence-corrected chi connectivity index (χ4v) is 11.6. The van der Waals surface area contributed by atoms with Crippen LogP contribution >= 0.6 is 0 Å². The van der Waals surface area contributed by atoms with E-state index in [0.717, 1.165) is 31.2 Å². The van der Waals surface area contributed by atoms with Crippen molar-refractivity contribution in [3.05, 3.63) is 119 Å². The van der Waals surface area contributed by atoms with E-state index in [1.807, 2.05) is 59.5 Å². The molecule has 15 nitrogen and oxygen atoms in total. The maximum absolute atomic E-state index is 16.7. The average Bonchev–Trinajstić information content (AvgIpc) is 4.26. The number of halogens is 2. The molecular weight excluding hydrogens is 887 g/mol. The molecule has 4 N–H and O–H groups in total. The predicted molar refractivity (Wildman–Crippen MR) is 250 cm³/mol. The molecule has 17 heteroatoms. The lowest BCUT2D eigenvalue weighted by molar-refractivity contribution is -0.138. The standard InChI is InChI=1S/C52H52F2N8O7/c1-67-50(65)59-43(29-18-21-69-22-19-29)48(63)61-20-6-9-42(61)46-55-27-41(58-46)32-12-16-36-35-15-11-30(24-37(35)52(53,54)38(36)25-32)31-13-17-39-40(26-31)57-47(56-39)45-33-10-14-34(23-33)62(45)49(64)44(60-51(66)68-2)28-7-4-3-5-8-28/h3-5,7-8,11-13,15-17,24-27,29,33-34,42-45H,6,9-10,14,18-23H2,1-2H3,(H,55,58)(H,56,57)(H,59,65)(H,60,66)/t33-,34+,42?,43-,44+,45-/m0/s1. The van der Waals surface area contributed by atoms with E-state index in [1.165, 1.54) is 20.3 Å². The van der Waals surface area contributed by atoms with Gasteiger partial charge in [0.05, 0.1) is 49.2 Å². The van der Waals surface area contributed by atoms with E-state index in [1.54, 1.807) is 35.4 Å². The van der Waals surface area contributed by atoms with Gasteiger partial charge < -0.3 is 44.6 Å². The van der Waals surface area contributed by atoms with Crippen molar-refractivity contribution in [1.82, 2.24) is 40.4 Å². The molecule has 0 spiro atoms. The molecule has 3 saturated heterocycles. The van der Waals surface area contributed by atoms with Crippen LogP contribution in [0.3, 0.4) is 0 Å². The largest absolute Gasteiger partial charge is 0.453 e. The number of nitrogens with one attached hydrogen (secondary N) is 4. The number of aromatic amines is 2. The second kappa shape index (κ2) is 17.7. The number of hydrogen-bond donors (Lipinski definition) is 4. The summed E-state index contributed by atoms with van der Waals surface area (Å²) in [6.07, 6.45) is 5.52. The molecule has 11 rings (SSSR count). The zero-order valence-corrected chi connectivity index (χ0v) is 38.2. The van der Waals surface area contributed by atoms with Crippen LogP contribution in [0.25, 0.3) is 44.5 Å². The molecule has 4 fully saturated rings. The molecule has 356 valence electrons. The van der Waals surface area contributed by atoms with E-state index in [0.29, 0.717) is 95.2 Å². The second-order valence-corrected chi connectivity index (χ2v) is 18.8. The van der Waals surface area contributed by atoms with E-state index in [4.69, 9.17) is 19.2 Å². The van der Waals surface area contributed by atoms with Crippen molar-refractivity contribution >= 4 is 35.0 Å². The molecule has 2 bridgehead atoms. The Morgan fingerprint density at radius 2 is 1.48 bits per heavy atom. The molecule has 1 unspecified atom stereocenters. The Balaban J connectivity index is 0.830. The Morgan fingerprint density at radius 3 is 2.23 bits per heavy atom. The molecule has 4 amide bonds. The number of alkyl halides is 2. The molecule has 2 aromatic heterocycles. The molecule has 3 aliphatic heterocycles. The number of H-pyrrole nitrogens is 2. The Hall–Kier alpha value is -7.14. The summed E-state index contributed by atoms with van der Waals surface area (Å²) in [6.45, 7) is 1.49.